The molecule has 0 aliphatic heterocycles. The van der Waals surface area contributed by atoms with E-state index >= 15 is 0 Å². The van der Waals surface area contributed by atoms with Gasteiger partial charge in [-0.05, 0) is 74.1 Å². The van der Waals surface area contributed by atoms with Gasteiger partial charge >= 0.3 is 0 Å². The number of aromatic nitrogens is 5. The lowest BCUT2D eigenvalue weighted by Crippen LogP contribution is -2.20. The van der Waals surface area contributed by atoms with E-state index in [9.17, 15) is 9.18 Å². The van der Waals surface area contributed by atoms with Crippen molar-refractivity contribution in [1.29, 1.82) is 0 Å². The summed E-state index contributed by atoms with van der Waals surface area (Å²) < 4.78 is 14.7. The Morgan fingerprint density at radius 3 is 2.63 bits per heavy atom. The summed E-state index contributed by atoms with van der Waals surface area (Å²) in [7, 11) is 4.01. The largest absolute Gasteiger partial charge is 0.384 e. The normalized spacial score (nSPS) is 11.5. The number of nitrogens with one attached hydrogen (secondary N) is 4. The molecule has 0 atom stereocenters. The van der Waals surface area contributed by atoms with E-state index in [1.807, 2.05) is 57.4 Å². The Bertz CT molecular complexity index is 1930. The van der Waals surface area contributed by atoms with E-state index in [1.165, 1.54) is 6.07 Å². The monoisotopic (exact) mass is 576 g/mol. The molecule has 0 fully saturated rings. The summed E-state index contributed by atoms with van der Waals surface area (Å²) in [6.45, 7) is 3.52. The van der Waals surface area contributed by atoms with Crippen LogP contribution in [0.4, 0.5) is 15.8 Å². The first-order valence-electron chi connectivity index (χ1n) is 14.3. The molecule has 6 rings (SSSR count). The van der Waals surface area contributed by atoms with E-state index in [-0.39, 0.29) is 11.7 Å². The maximum absolute atomic E-state index is 14.7. The third-order valence-corrected chi connectivity index (χ3v) is 7.27. The molecule has 43 heavy (non-hydrogen) atoms. The molecular weight excluding hydrogens is 543 g/mol. The van der Waals surface area contributed by atoms with Gasteiger partial charge in [0.2, 0.25) is 5.91 Å². The number of amides is 1. The van der Waals surface area contributed by atoms with E-state index < -0.39 is 0 Å². The molecule has 4 heterocycles. The topological polar surface area (TPSA) is 115 Å². The summed E-state index contributed by atoms with van der Waals surface area (Å²) in [6.07, 6.45) is 6.36. The number of fused-ring (bicyclic) bond motifs is 2. The molecule has 10 heteroatoms. The van der Waals surface area contributed by atoms with Crippen molar-refractivity contribution in [2.45, 2.75) is 19.8 Å². The predicted octanol–water partition coefficient (Wildman–Crippen LogP) is 6.69. The predicted molar refractivity (Wildman–Crippen MR) is 170 cm³/mol. The summed E-state index contributed by atoms with van der Waals surface area (Å²) in [5.74, 6) is -0.334. The molecule has 218 valence electrons. The van der Waals surface area contributed by atoms with Crippen LogP contribution in [-0.4, -0.2) is 63.1 Å². The number of carbonyl (C=O) groups excluding carboxylic acids is 1. The summed E-state index contributed by atoms with van der Waals surface area (Å²) >= 11 is 0. The first-order valence-corrected chi connectivity index (χ1v) is 14.3. The zero-order chi connectivity index (χ0) is 29.9. The molecule has 0 saturated carbocycles. The smallest absolute Gasteiger partial charge is 0.224 e. The number of anilines is 2. The summed E-state index contributed by atoms with van der Waals surface area (Å²) in [5, 5.41) is 15.6. The number of aromatic amines is 2. The molecule has 0 unspecified atom stereocenters. The molecule has 4 aromatic heterocycles. The second-order valence-electron chi connectivity index (χ2n) is 10.9. The Morgan fingerprint density at radius 2 is 1.79 bits per heavy atom. The highest BCUT2D eigenvalue weighted by Crippen LogP contribution is 2.36. The van der Waals surface area contributed by atoms with Crippen LogP contribution >= 0.6 is 0 Å². The van der Waals surface area contributed by atoms with E-state index in [2.05, 4.69) is 46.7 Å². The van der Waals surface area contributed by atoms with Crippen molar-refractivity contribution in [2.24, 2.45) is 0 Å². The first-order chi connectivity index (χ1) is 20.9. The average Bonchev–Trinajstić information content (AvgIpc) is 3.60. The first kappa shape index (κ1) is 28.0. The quantitative estimate of drug-likeness (QED) is 0.145. The highest BCUT2D eigenvalue weighted by molar-refractivity contribution is 6.01. The van der Waals surface area contributed by atoms with Gasteiger partial charge in [0, 0.05) is 65.0 Å². The van der Waals surface area contributed by atoms with Crippen LogP contribution in [0, 0.1) is 5.82 Å². The molecule has 0 aliphatic carbocycles. The fourth-order valence-corrected chi connectivity index (χ4v) is 5.19. The van der Waals surface area contributed by atoms with Crippen LogP contribution in [0.15, 0.2) is 73.2 Å². The molecule has 6 aromatic rings. The van der Waals surface area contributed by atoms with E-state index in [1.54, 1.807) is 24.7 Å². The highest BCUT2D eigenvalue weighted by Gasteiger charge is 2.16. The number of nitrogens with zero attached hydrogens (tertiary/aromatic N) is 4. The maximum atomic E-state index is 14.7. The molecule has 0 spiro atoms. The third-order valence-electron chi connectivity index (χ3n) is 7.27. The second kappa shape index (κ2) is 12.0. The molecular formula is C33H33FN8O. The molecule has 0 saturated heterocycles. The van der Waals surface area contributed by atoms with Gasteiger partial charge in [-0.3, -0.25) is 14.9 Å². The van der Waals surface area contributed by atoms with Crippen molar-refractivity contribution in [3.8, 4) is 33.6 Å². The van der Waals surface area contributed by atoms with Crippen molar-refractivity contribution in [2.75, 3.05) is 37.8 Å². The number of hydrogen-bond donors (Lipinski definition) is 4. The third kappa shape index (κ3) is 6.09. The number of rotatable bonds is 10. The number of hydrogen-bond acceptors (Lipinski definition) is 6. The van der Waals surface area contributed by atoms with E-state index in [0.29, 0.717) is 24.3 Å². The van der Waals surface area contributed by atoms with Gasteiger partial charge in [0.1, 0.15) is 5.82 Å². The van der Waals surface area contributed by atoms with Crippen LogP contribution in [-0.2, 0) is 4.79 Å². The van der Waals surface area contributed by atoms with Crippen molar-refractivity contribution >= 4 is 39.2 Å². The SMILES string of the molecule is CCCC(=O)Nc1cncc(-c2cnc3n[nH]c(-c4cc5c(-c6cc(F)cc(NCCN(C)C)c6)cccc5[nH]4)c3c2)c1. The lowest BCUT2D eigenvalue weighted by atomic mass is 10.0. The Balaban J connectivity index is 1.35. The number of benzene rings is 2. The van der Waals surface area contributed by atoms with Crippen molar-refractivity contribution in [3.05, 3.63) is 79.0 Å². The zero-order valence-electron chi connectivity index (χ0n) is 24.3. The number of halogens is 1. The van der Waals surface area contributed by atoms with Crippen molar-refractivity contribution in [3.63, 3.8) is 0 Å². The summed E-state index contributed by atoms with van der Waals surface area (Å²) in [5.41, 5.74) is 7.90. The van der Waals surface area contributed by atoms with Crippen LogP contribution in [0.5, 0.6) is 0 Å². The van der Waals surface area contributed by atoms with Gasteiger partial charge < -0.3 is 20.5 Å². The highest BCUT2D eigenvalue weighted by atomic mass is 19.1. The molecule has 2 aromatic carbocycles. The lowest BCUT2D eigenvalue weighted by molar-refractivity contribution is -0.116. The number of H-pyrrole nitrogens is 2. The van der Waals surface area contributed by atoms with Gasteiger partial charge in [-0.1, -0.05) is 19.1 Å². The minimum absolute atomic E-state index is 0.0413. The van der Waals surface area contributed by atoms with Gasteiger partial charge in [-0.15, -0.1) is 0 Å². The van der Waals surface area contributed by atoms with Gasteiger partial charge in [-0.25, -0.2) is 9.37 Å². The lowest BCUT2D eigenvalue weighted by Gasteiger charge is -2.13. The molecule has 0 radical (unpaired) electrons. The summed E-state index contributed by atoms with van der Waals surface area (Å²) in [4.78, 5) is 26.6. The fourth-order valence-electron chi connectivity index (χ4n) is 5.19. The molecule has 0 bridgehead atoms. The van der Waals surface area contributed by atoms with Crippen molar-refractivity contribution < 1.29 is 9.18 Å². The Kier molecular flexibility index (Phi) is 7.84. The molecule has 4 N–H and O–H groups in total. The number of pyridine rings is 2. The molecule has 1 amide bonds. The Morgan fingerprint density at radius 1 is 0.953 bits per heavy atom. The maximum Gasteiger partial charge on any atom is 0.224 e. The number of carbonyl (C=O) groups is 1. The summed E-state index contributed by atoms with van der Waals surface area (Å²) in [6, 6.07) is 17.0. The minimum atomic E-state index is -0.292. The van der Waals surface area contributed by atoms with E-state index in [4.69, 9.17) is 0 Å². The second-order valence-corrected chi connectivity index (χ2v) is 10.9. The van der Waals surface area contributed by atoms with Crippen LogP contribution in [0.3, 0.4) is 0 Å². The molecule has 0 aliphatic rings. The standard InChI is InChI=1S/C33H33FN8O/c1-4-6-31(43)38-25-13-21(17-35-19-25)22-14-28-32(40-41-33(28)37-18-22)30-16-27-26(7-5-8-29(27)39-30)20-11-23(34)15-24(12-20)36-9-10-42(2)3/h5,7-8,11-19,36,39H,4,6,9-10H2,1-3H3,(H,38,43)(H,37,40,41). The van der Waals surface area contributed by atoms with Gasteiger partial charge in [0.25, 0.3) is 0 Å². The van der Waals surface area contributed by atoms with Crippen LogP contribution in [0.2, 0.25) is 0 Å². The number of likely N-dealkylation sites (N-methyl/N-ethyl adjacent to an activating group) is 1. The van der Waals surface area contributed by atoms with Gasteiger partial charge in [0.05, 0.1) is 23.3 Å². The fraction of sp³-hybridized carbons (Fsp3) is 0.212. The average molecular weight is 577 g/mol. The van der Waals surface area contributed by atoms with Gasteiger partial charge in [0.15, 0.2) is 5.65 Å². The van der Waals surface area contributed by atoms with Crippen LogP contribution in [0.25, 0.3) is 55.6 Å². The zero-order valence-corrected chi connectivity index (χ0v) is 24.3. The molecule has 9 nitrogen and oxygen atoms in total. The van der Waals surface area contributed by atoms with E-state index in [0.717, 1.165) is 68.6 Å². The Labute approximate surface area is 248 Å². The van der Waals surface area contributed by atoms with Crippen LogP contribution in [0.1, 0.15) is 19.8 Å². The minimum Gasteiger partial charge on any atom is -0.384 e. The van der Waals surface area contributed by atoms with Crippen molar-refractivity contribution in [1.82, 2.24) is 30.0 Å². The Hall–Kier alpha value is -5.09. The van der Waals surface area contributed by atoms with Crippen LogP contribution < -0.4 is 10.6 Å². The van der Waals surface area contributed by atoms with Gasteiger partial charge in [-0.2, -0.15) is 5.10 Å².